The van der Waals surface area contributed by atoms with E-state index in [1.807, 2.05) is 6.92 Å². The van der Waals surface area contributed by atoms with Gasteiger partial charge in [0, 0.05) is 11.5 Å². The molecule has 0 radical (unpaired) electrons. The van der Waals surface area contributed by atoms with Crippen molar-refractivity contribution in [3.8, 4) is 0 Å². The van der Waals surface area contributed by atoms with Crippen LogP contribution in [0.25, 0.3) is 0 Å². The molecule has 1 aromatic heterocycles. The Morgan fingerprint density at radius 1 is 1.57 bits per heavy atom. The zero-order chi connectivity index (χ0) is 10.6. The molecule has 1 aromatic rings. The molecule has 2 N–H and O–H groups in total. The Labute approximate surface area is 86.3 Å². The molecule has 0 fully saturated rings. The van der Waals surface area contributed by atoms with Crippen molar-refractivity contribution >= 4 is 22.6 Å². The third-order valence-electron chi connectivity index (χ3n) is 1.71. The van der Waals surface area contributed by atoms with E-state index in [1.54, 1.807) is 13.8 Å². The second-order valence-corrected chi connectivity index (χ2v) is 4.01. The van der Waals surface area contributed by atoms with Crippen molar-refractivity contribution in [2.75, 3.05) is 11.9 Å². The average molecular weight is 215 g/mol. The van der Waals surface area contributed by atoms with E-state index in [0.717, 1.165) is 18.1 Å². The molecule has 0 spiro atoms. The molecule has 1 heterocycles. The van der Waals surface area contributed by atoms with Gasteiger partial charge < -0.3 is 5.32 Å². The summed E-state index contributed by atoms with van der Waals surface area (Å²) in [7, 11) is 0. The van der Waals surface area contributed by atoms with Crippen molar-refractivity contribution in [3.63, 3.8) is 0 Å². The molecule has 0 aliphatic heterocycles. The summed E-state index contributed by atoms with van der Waals surface area (Å²) in [5.74, 6) is -0.141. The van der Waals surface area contributed by atoms with Gasteiger partial charge in [0.2, 0.25) is 11.0 Å². The molecule has 0 atom stereocenters. The fraction of sp³-hybridized carbons (Fsp3) is 0.714. The summed E-state index contributed by atoms with van der Waals surface area (Å²) in [6, 6.07) is 0. The van der Waals surface area contributed by atoms with Crippen LogP contribution in [0.5, 0.6) is 0 Å². The lowest BCUT2D eigenvalue weighted by molar-refractivity contribution is -0.121. The number of hydrogen-bond donors (Lipinski definition) is 2. The number of carbonyl (C=O) groups is 1. The van der Waals surface area contributed by atoms with Gasteiger partial charge in [0.05, 0.1) is 5.54 Å². The predicted molar refractivity (Wildman–Crippen MR) is 54.1 cm³/mol. The number of nitrogens with one attached hydrogen (secondary N) is 2. The summed E-state index contributed by atoms with van der Waals surface area (Å²) in [5, 5.41) is 13.1. The molecule has 0 aromatic carbocycles. The van der Waals surface area contributed by atoms with Crippen molar-refractivity contribution in [1.29, 1.82) is 0 Å². The Kier molecular flexibility index (Phi) is 3.48. The molecule has 1 amide bonds. The van der Waals surface area contributed by atoms with Crippen LogP contribution in [-0.2, 0) is 4.79 Å². The maximum absolute atomic E-state index is 11.7. The fourth-order valence-corrected chi connectivity index (χ4v) is 1.32. The van der Waals surface area contributed by atoms with Crippen molar-refractivity contribution in [2.24, 2.45) is 0 Å². The first-order chi connectivity index (χ1) is 6.56. The van der Waals surface area contributed by atoms with Gasteiger partial charge in [-0.05, 0) is 25.6 Å². The number of rotatable bonds is 4. The normalized spacial score (nSPS) is 11.4. The van der Waals surface area contributed by atoms with E-state index >= 15 is 0 Å². The molecule has 7 heteroatoms. The fourth-order valence-electron chi connectivity index (χ4n) is 0.957. The molecule has 0 saturated carbocycles. The van der Waals surface area contributed by atoms with Gasteiger partial charge >= 0.3 is 0 Å². The lowest BCUT2D eigenvalue weighted by Crippen LogP contribution is -2.49. The molecule has 78 valence electrons. The summed E-state index contributed by atoms with van der Waals surface area (Å²) in [4.78, 5) is 11.7. The molecule has 0 bridgehead atoms. The van der Waals surface area contributed by atoms with Crippen LogP contribution >= 0.6 is 11.5 Å². The molecule has 0 unspecified atom stereocenters. The molecular weight excluding hydrogens is 202 g/mol. The molecule has 0 aliphatic rings. The third kappa shape index (κ3) is 2.71. The van der Waals surface area contributed by atoms with Crippen LogP contribution in [0.15, 0.2) is 0 Å². The molecule has 0 saturated heterocycles. The van der Waals surface area contributed by atoms with Crippen LogP contribution in [-0.4, -0.2) is 32.8 Å². The van der Waals surface area contributed by atoms with E-state index in [-0.39, 0.29) is 5.91 Å². The molecular formula is C7H13N5OS. The van der Waals surface area contributed by atoms with Crippen LogP contribution in [0.4, 0.5) is 5.13 Å². The zero-order valence-electron chi connectivity index (χ0n) is 8.37. The van der Waals surface area contributed by atoms with E-state index < -0.39 is 5.54 Å². The third-order valence-corrected chi connectivity index (χ3v) is 2.22. The molecule has 6 nitrogen and oxygen atoms in total. The highest BCUT2D eigenvalue weighted by Gasteiger charge is 2.26. The first-order valence-corrected chi connectivity index (χ1v) is 5.05. The van der Waals surface area contributed by atoms with Crippen LogP contribution in [0.1, 0.15) is 20.8 Å². The smallest absolute Gasteiger partial charge is 0.245 e. The summed E-state index contributed by atoms with van der Waals surface area (Å²) in [5.41, 5.74) is -0.611. The van der Waals surface area contributed by atoms with Gasteiger partial charge in [-0.25, -0.2) is 0 Å². The van der Waals surface area contributed by atoms with E-state index in [4.69, 9.17) is 0 Å². The lowest BCUT2D eigenvalue weighted by atomic mass is 10.1. The first kappa shape index (κ1) is 11.0. The SMILES string of the molecule is CCNC(C)(C)C(=O)Nc1nnns1. The number of amides is 1. The van der Waals surface area contributed by atoms with Crippen LogP contribution in [0, 0.1) is 0 Å². The first-order valence-electron chi connectivity index (χ1n) is 4.28. The van der Waals surface area contributed by atoms with Crippen LogP contribution in [0.2, 0.25) is 0 Å². The number of carbonyl (C=O) groups excluding carboxylic acids is 1. The van der Waals surface area contributed by atoms with Gasteiger partial charge in [0.1, 0.15) is 0 Å². The quantitative estimate of drug-likeness (QED) is 0.753. The maximum Gasteiger partial charge on any atom is 0.245 e. The van der Waals surface area contributed by atoms with Crippen molar-refractivity contribution < 1.29 is 4.79 Å². The highest BCUT2D eigenvalue weighted by molar-refractivity contribution is 7.09. The minimum absolute atomic E-state index is 0.141. The Bertz CT molecular complexity index is 297. The number of anilines is 1. The number of nitrogens with zero attached hydrogens (tertiary/aromatic N) is 3. The summed E-state index contributed by atoms with van der Waals surface area (Å²) < 4.78 is 3.55. The largest absolute Gasteiger partial charge is 0.304 e. The van der Waals surface area contributed by atoms with Gasteiger partial charge in [-0.1, -0.05) is 16.5 Å². The lowest BCUT2D eigenvalue weighted by Gasteiger charge is -2.23. The van der Waals surface area contributed by atoms with Gasteiger partial charge in [0.25, 0.3) is 0 Å². The minimum atomic E-state index is -0.611. The van der Waals surface area contributed by atoms with E-state index in [1.165, 1.54) is 0 Å². The number of likely N-dealkylation sites (N-methyl/N-ethyl adjacent to an activating group) is 1. The van der Waals surface area contributed by atoms with Crippen molar-refractivity contribution in [3.05, 3.63) is 0 Å². The highest BCUT2D eigenvalue weighted by atomic mass is 32.1. The second kappa shape index (κ2) is 4.43. The number of aromatic nitrogens is 3. The zero-order valence-corrected chi connectivity index (χ0v) is 9.18. The van der Waals surface area contributed by atoms with Crippen molar-refractivity contribution in [1.82, 2.24) is 20.1 Å². The van der Waals surface area contributed by atoms with Crippen LogP contribution < -0.4 is 10.6 Å². The van der Waals surface area contributed by atoms with Crippen LogP contribution in [0.3, 0.4) is 0 Å². The van der Waals surface area contributed by atoms with E-state index in [0.29, 0.717) is 5.13 Å². The minimum Gasteiger partial charge on any atom is -0.304 e. The Morgan fingerprint density at radius 2 is 2.29 bits per heavy atom. The standard InChI is InChI=1S/C7H13N5OS/c1-4-8-7(2,3)5(13)9-6-10-11-12-14-6/h8H,4H2,1-3H3,(H,9,10,12,13). The number of hydrogen-bond acceptors (Lipinski definition) is 6. The highest BCUT2D eigenvalue weighted by Crippen LogP contribution is 2.09. The van der Waals surface area contributed by atoms with Gasteiger partial charge in [0.15, 0.2) is 0 Å². The monoisotopic (exact) mass is 215 g/mol. The Morgan fingerprint density at radius 3 is 2.79 bits per heavy atom. The predicted octanol–water partition coefficient (Wildman–Crippen LogP) is 0.260. The Hall–Kier alpha value is -1.08. The average Bonchev–Trinajstić information content (AvgIpc) is 2.56. The van der Waals surface area contributed by atoms with E-state index in [2.05, 4.69) is 25.4 Å². The van der Waals surface area contributed by atoms with Crippen molar-refractivity contribution in [2.45, 2.75) is 26.3 Å². The van der Waals surface area contributed by atoms with Gasteiger partial charge in [-0.3, -0.25) is 10.1 Å². The maximum atomic E-state index is 11.7. The molecule has 0 aliphatic carbocycles. The topological polar surface area (TPSA) is 79.8 Å². The summed E-state index contributed by atoms with van der Waals surface area (Å²) in [6.07, 6.45) is 0. The summed E-state index contributed by atoms with van der Waals surface area (Å²) >= 11 is 1.05. The van der Waals surface area contributed by atoms with Gasteiger partial charge in [-0.15, -0.1) is 0 Å². The Balaban J connectivity index is 2.57. The molecule has 14 heavy (non-hydrogen) atoms. The van der Waals surface area contributed by atoms with Gasteiger partial charge in [-0.2, -0.15) is 0 Å². The molecule has 1 rings (SSSR count). The van der Waals surface area contributed by atoms with E-state index in [9.17, 15) is 4.79 Å². The summed E-state index contributed by atoms with van der Waals surface area (Å²) in [6.45, 7) is 6.29. The second-order valence-electron chi connectivity index (χ2n) is 3.28.